The zero-order valence-corrected chi connectivity index (χ0v) is 14.3. The quantitative estimate of drug-likeness (QED) is 0.808. The summed E-state index contributed by atoms with van der Waals surface area (Å²) < 4.78 is 5.29. The lowest BCUT2D eigenvalue weighted by Gasteiger charge is -2.29. The van der Waals surface area contributed by atoms with Crippen molar-refractivity contribution in [3.05, 3.63) is 35.4 Å². The Hall–Kier alpha value is -1.10. The van der Waals surface area contributed by atoms with Gasteiger partial charge in [-0.15, -0.1) is 12.4 Å². The molecule has 0 radical (unpaired) electrons. The maximum atomic E-state index is 12.0. The summed E-state index contributed by atoms with van der Waals surface area (Å²) >= 11 is 0. The monoisotopic (exact) mass is 326 g/mol. The smallest absolute Gasteiger partial charge is 0.220 e. The van der Waals surface area contributed by atoms with Gasteiger partial charge >= 0.3 is 0 Å². The summed E-state index contributed by atoms with van der Waals surface area (Å²) in [4.78, 5) is 12.0. The van der Waals surface area contributed by atoms with Crippen molar-refractivity contribution in [2.24, 2.45) is 0 Å². The zero-order valence-electron chi connectivity index (χ0n) is 13.5. The van der Waals surface area contributed by atoms with Gasteiger partial charge in [-0.2, -0.15) is 0 Å². The summed E-state index contributed by atoms with van der Waals surface area (Å²) in [5.41, 5.74) is 2.38. The molecule has 124 valence electrons. The summed E-state index contributed by atoms with van der Waals surface area (Å²) in [6.07, 6.45) is 3.52. The van der Waals surface area contributed by atoms with Gasteiger partial charge in [0.25, 0.3) is 0 Å². The van der Waals surface area contributed by atoms with E-state index >= 15 is 0 Å². The van der Waals surface area contributed by atoms with Crippen molar-refractivity contribution in [1.82, 2.24) is 10.6 Å². The molecular weight excluding hydrogens is 300 g/mol. The molecule has 1 aliphatic rings. The van der Waals surface area contributed by atoms with Crippen LogP contribution < -0.4 is 10.6 Å². The third kappa shape index (κ3) is 5.59. The molecule has 0 saturated carbocycles. The summed E-state index contributed by atoms with van der Waals surface area (Å²) in [6, 6.07) is 8.35. The number of aryl methyl sites for hydroxylation is 2. The van der Waals surface area contributed by atoms with Gasteiger partial charge in [-0.1, -0.05) is 29.8 Å². The molecule has 1 unspecified atom stereocenters. The molecule has 1 atom stereocenters. The molecule has 0 spiro atoms. The molecule has 22 heavy (non-hydrogen) atoms. The average molecular weight is 327 g/mol. The van der Waals surface area contributed by atoms with Crippen LogP contribution in [0.1, 0.15) is 30.4 Å². The number of carbonyl (C=O) groups is 1. The van der Waals surface area contributed by atoms with Crippen LogP contribution in [0.3, 0.4) is 0 Å². The Morgan fingerprint density at radius 3 is 2.68 bits per heavy atom. The van der Waals surface area contributed by atoms with Crippen LogP contribution in [0.5, 0.6) is 0 Å². The van der Waals surface area contributed by atoms with E-state index in [0.29, 0.717) is 19.6 Å². The van der Waals surface area contributed by atoms with Crippen LogP contribution in [-0.4, -0.2) is 38.3 Å². The van der Waals surface area contributed by atoms with Crippen molar-refractivity contribution >= 4 is 18.3 Å². The Morgan fingerprint density at radius 1 is 1.36 bits per heavy atom. The number of hydrogen-bond donors (Lipinski definition) is 2. The normalized spacial score (nSPS) is 20.5. The Morgan fingerprint density at radius 2 is 2.09 bits per heavy atom. The molecule has 1 fully saturated rings. The first-order valence-electron chi connectivity index (χ1n) is 7.70. The molecule has 2 N–H and O–H groups in total. The zero-order chi connectivity index (χ0) is 15.1. The average Bonchev–Trinajstić information content (AvgIpc) is 2.94. The minimum Gasteiger partial charge on any atom is -0.383 e. The molecule has 1 aromatic carbocycles. The summed E-state index contributed by atoms with van der Waals surface area (Å²) in [5, 5.41) is 6.52. The first-order valence-corrected chi connectivity index (χ1v) is 7.70. The number of methoxy groups -OCH3 is 1. The lowest BCUT2D eigenvalue weighted by atomic mass is 9.98. The third-order valence-corrected chi connectivity index (χ3v) is 4.14. The standard InChI is InChI=1S/C17H26N2O2.ClH/c1-14-4-6-15(7-5-14)8-9-16(20)18-12-17(13-21-2)10-3-11-19-17;/h4-7,19H,3,8-13H2,1-2H3,(H,18,20);1H. The van der Waals surface area contributed by atoms with E-state index in [1.54, 1.807) is 7.11 Å². The molecule has 1 amide bonds. The fourth-order valence-corrected chi connectivity index (χ4v) is 2.84. The molecule has 1 aliphatic heterocycles. The third-order valence-electron chi connectivity index (χ3n) is 4.14. The van der Waals surface area contributed by atoms with Crippen molar-refractivity contribution < 1.29 is 9.53 Å². The van der Waals surface area contributed by atoms with Crippen LogP contribution in [0.2, 0.25) is 0 Å². The second-order valence-electron chi connectivity index (χ2n) is 6.01. The van der Waals surface area contributed by atoms with E-state index in [4.69, 9.17) is 4.74 Å². The number of carbonyl (C=O) groups excluding carboxylic acids is 1. The number of halogens is 1. The van der Waals surface area contributed by atoms with Crippen molar-refractivity contribution in [2.75, 3.05) is 26.8 Å². The van der Waals surface area contributed by atoms with Crippen molar-refractivity contribution in [2.45, 2.75) is 38.1 Å². The maximum Gasteiger partial charge on any atom is 0.220 e. The Labute approximate surface area is 139 Å². The first kappa shape index (κ1) is 18.9. The van der Waals surface area contributed by atoms with E-state index in [2.05, 4.69) is 41.8 Å². The van der Waals surface area contributed by atoms with Crippen LogP contribution in [0.4, 0.5) is 0 Å². The SMILES string of the molecule is COCC1(CNC(=O)CCc2ccc(C)cc2)CCCN1.Cl. The molecule has 4 nitrogen and oxygen atoms in total. The van der Waals surface area contributed by atoms with E-state index in [0.717, 1.165) is 25.8 Å². The largest absolute Gasteiger partial charge is 0.383 e. The second kappa shape index (κ2) is 9.13. The minimum atomic E-state index is -0.0751. The second-order valence-corrected chi connectivity index (χ2v) is 6.01. The number of rotatable bonds is 7. The number of benzene rings is 1. The van der Waals surface area contributed by atoms with Gasteiger partial charge in [-0.05, 0) is 38.3 Å². The molecule has 5 heteroatoms. The number of nitrogens with one attached hydrogen (secondary N) is 2. The lowest BCUT2D eigenvalue weighted by Crippen LogP contribution is -2.53. The van der Waals surface area contributed by atoms with Crippen LogP contribution in [0, 0.1) is 6.92 Å². The van der Waals surface area contributed by atoms with Gasteiger partial charge < -0.3 is 15.4 Å². The van der Waals surface area contributed by atoms with Gasteiger partial charge in [-0.3, -0.25) is 4.79 Å². The van der Waals surface area contributed by atoms with Gasteiger partial charge in [-0.25, -0.2) is 0 Å². The van der Waals surface area contributed by atoms with Gasteiger partial charge in [0.2, 0.25) is 5.91 Å². The van der Waals surface area contributed by atoms with Crippen LogP contribution in [-0.2, 0) is 16.0 Å². The summed E-state index contributed by atoms with van der Waals surface area (Å²) in [7, 11) is 1.71. The Balaban J connectivity index is 0.00000242. The number of ether oxygens (including phenoxy) is 1. The Bertz CT molecular complexity index is 456. The van der Waals surface area contributed by atoms with Crippen molar-refractivity contribution in [3.63, 3.8) is 0 Å². The van der Waals surface area contributed by atoms with Crippen molar-refractivity contribution in [3.8, 4) is 0 Å². The molecule has 1 aromatic rings. The first-order chi connectivity index (χ1) is 10.1. The lowest BCUT2D eigenvalue weighted by molar-refractivity contribution is -0.121. The fraction of sp³-hybridized carbons (Fsp3) is 0.588. The summed E-state index contributed by atoms with van der Waals surface area (Å²) in [6.45, 7) is 4.36. The van der Waals surface area contributed by atoms with E-state index in [1.807, 2.05) is 0 Å². The van der Waals surface area contributed by atoms with Gasteiger partial charge in [0.15, 0.2) is 0 Å². The number of amides is 1. The van der Waals surface area contributed by atoms with E-state index in [9.17, 15) is 4.79 Å². The van der Waals surface area contributed by atoms with Crippen LogP contribution in [0.25, 0.3) is 0 Å². The van der Waals surface area contributed by atoms with Crippen LogP contribution >= 0.6 is 12.4 Å². The van der Waals surface area contributed by atoms with E-state index in [1.165, 1.54) is 11.1 Å². The highest BCUT2D eigenvalue weighted by molar-refractivity contribution is 5.85. The number of hydrogen-bond acceptors (Lipinski definition) is 3. The summed E-state index contributed by atoms with van der Waals surface area (Å²) in [5.74, 6) is 0.111. The molecular formula is C17H27ClN2O2. The highest BCUT2D eigenvalue weighted by atomic mass is 35.5. The Kier molecular flexibility index (Phi) is 7.87. The molecule has 1 saturated heterocycles. The van der Waals surface area contributed by atoms with Gasteiger partial charge in [0.1, 0.15) is 0 Å². The van der Waals surface area contributed by atoms with Crippen molar-refractivity contribution in [1.29, 1.82) is 0 Å². The molecule has 2 rings (SSSR count). The van der Waals surface area contributed by atoms with E-state index in [-0.39, 0.29) is 23.9 Å². The van der Waals surface area contributed by atoms with E-state index < -0.39 is 0 Å². The van der Waals surface area contributed by atoms with Gasteiger partial charge in [0, 0.05) is 20.1 Å². The predicted molar refractivity (Wildman–Crippen MR) is 91.6 cm³/mol. The molecule has 1 heterocycles. The molecule has 0 aromatic heterocycles. The fourth-order valence-electron chi connectivity index (χ4n) is 2.84. The highest BCUT2D eigenvalue weighted by Crippen LogP contribution is 2.18. The highest BCUT2D eigenvalue weighted by Gasteiger charge is 2.33. The predicted octanol–water partition coefficient (Wildman–Crippen LogP) is 2.23. The maximum absolute atomic E-state index is 12.0. The minimum absolute atomic E-state index is 0. The van der Waals surface area contributed by atoms with Crippen LogP contribution in [0.15, 0.2) is 24.3 Å². The van der Waals surface area contributed by atoms with Gasteiger partial charge in [0.05, 0.1) is 12.1 Å². The molecule has 0 bridgehead atoms. The topological polar surface area (TPSA) is 50.4 Å². The molecule has 0 aliphatic carbocycles.